The number of rotatable bonds is 6. The first kappa shape index (κ1) is 22.5. The Morgan fingerprint density at radius 2 is 1.90 bits per heavy atom. The van der Waals surface area contributed by atoms with E-state index in [1.165, 1.54) is 4.88 Å². The lowest BCUT2D eigenvalue weighted by Gasteiger charge is -2.33. The van der Waals surface area contributed by atoms with Gasteiger partial charge in [0, 0.05) is 4.88 Å². The zero-order valence-corrected chi connectivity index (χ0v) is 19.5. The van der Waals surface area contributed by atoms with Crippen LogP contribution < -0.4 is 5.32 Å². The number of nitrogens with one attached hydrogen (secondary N) is 1. The molecule has 1 aliphatic rings. The van der Waals surface area contributed by atoms with Gasteiger partial charge in [-0.3, -0.25) is 4.79 Å². The second kappa shape index (κ2) is 9.34. The maximum Gasteiger partial charge on any atom is 0.341 e. The van der Waals surface area contributed by atoms with E-state index in [2.05, 4.69) is 26.1 Å². The molecule has 0 bridgehead atoms. The van der Waals surface area contributed by atoms with E-state index in [0.29, 0.717) is 29.5 Å². The number of fused-ring (bicyclic) bond motifs is 1. The van der Waals surface area contributed by atoms with Crippen LogP contribution in [-0.2, 0) is 22.4 Å². The lowest BCUT2D eigenvalue weighted by molar-refractivity contribution is -0.117. The number of carbonyl (C=O) groups is 2. The van der Waals surface area contributed by atoms with Crippen LogP contribution in [0.3, 0.4) is 0 Å². The van der Waals surface area contributed by atoms with Crippen molar-refractivity contribution >= 4 is 28.2 Å². The lowest BCUT2D eigenvalue weighted by atomic mass is 9.72. The number of carbonyl (C=O) groups excluding carboxylic acids is 2. The van der Waals surface area contributed by atoms with Crippen LogP contribution in [0.1, 0.15) is 79.7 Å². The fraction of sp³-hybridized carbons (Fsp3) is 0.520. The molecule has 0 aliphatic heterocycles. The third-order valence-corrected chi connectivity index (χ3v) is 7.30. The van der Waals surface area contributed by atoms with Crippen molar-refractivity contribution in [3.8, 4) is 0 Å². The molecule has 0 spiro atoms. The molecule has 1 aromatic heterocycles. The van der Waals surface area contributed by atoms with Crippen molar-refractivity contribution in [2.45, 2.75) is 66.2 Å². The zero-order valence-electron chi connectivity index (χ0n) is 18.7. The average Bonchev–Trinajstić information content (AvgIpc) is 3.06. The van der Waals surface area contributed by atoms with Crippen molar-refractivity contribution < 1.29 is 14.3 Å². The van der Waals surface area contributed by atoms with Gasteiger partial charge >= 0.3 is 5.97 Å². The van der Waals surface area contributed by atoms with Crippen molar-refractivity contribution in [2.24, 2.45) is 11.3 Å². The van der Waals surface area contributed by atoms with E-state index in [-0.39, 0.29) is 23.2 Å². The summed E-state index contributed by atoms with van der Waals surface area (Å²) in [5, 5.41) is 3.73. The minimum Gasteiger partial charge on any atom is -0.462 e. The van der Waals surface area contributed by atoms with E-state index < -0.39 is 0 Å². The highest BCUT2D eigenvalue weighted by molar-refractivity contribution is 7.17. The van der Waals surface area contributed by atoms with Crippen molar-refractivity contribution in [2.75, 3.05) is 11.9 Å². The second-order valence-electron chi connectivity index (χ2n) is 9.09. The van der Waals surface area contributed by atoms with E-state index in [0.717, 1.165) is 30.4 Å². The van der Waals surface area contributed by atoms with E-state index >= 15 is 0 Å². The minimum atomic E-state index is -0.327. The summed E-state index contributed by atoms with van der Waals surface area (Å²) in [6.45, 7) is 11.0. The monoisotopic (exact) mass is 427 g/mol. The molecule has 30 heavy (non-hydrogen) atoms. The number of esters is 1. The molecule has 0 radical (unpaired) electrons. The quantitative estimate of drug-likeness (QED) is 0.558. The van der Waals surface area contributed by atoms with Gasteiger partial charge < -0.3 is 10.1 Å². The summed E-state index contributed by atoms with van der Waals surface area (Å²) in [4.78, 5) is 27.2. The second-order valence-corrected chi connectivity index (χ2v) is 10.2. The van der Waals surface area contributed by atoms with Crippen molar-refractivity contribution in [1.82, 2.24) is 0 Å². The molecule has 0 saturated heterocycles. The van der Waals surface area contributed by atoms with Crippen LogP contribution in [0.15, 0.2) is 30.3 Å². The van der Waals surface area contributed by atoms with Gasteiger partial charge in [0.2, 0.25) is 5.91 Å². The van der Waals surface area contributed by atoms with Crippen LogP contribution in [0.25, 0.3) is 0 Å². The molecule has 1 heterocycles. The molecule has 2 atom stereocenters. The Hall–Kier alpha value is -2.14. The maximum atomic E-state index is 13.2. The summed E-state index contributed by atoms with van der Waals surface area (Å²) in [6, 6.07) is 9.81. The first-order valence-electron chi connectivity index (χ1n) is 10.9. The molecule has 4 nitrogen and oxygen atoms in total. The third-order valence-electron chi connectivity index (χ3n) is 6.13. The van der Waals surface area contributed by atoms with E-state index in [1.54, 1.807) is 11.3 Å². The number of benzene rings is 1. The summed E-state index contributed by atoms with van der Waals surface area (Å²) in [6.07, 6.45) is 3.55. The van der Waals surface area contributed by atoms with Crippen molar-refractivity contribution in [3.63, 3.8) is 0 Å². The number of hydrogen-bond acceptors (Lipinski definition) is 4. The topological polar surface area (TPSA) is 55.4 Å². The molecule has 162 valence electrons. The van der Waals surface area contributed by atoms with Gasteiger partial charge in [-0.05, 0) is 55.1 Å². The fourth-order valence-corrected chi connectivity index (χ4v) is 5.61. The Balaban J connectivity index is 1.93. The predicted octanol–water partition coefficient (Wildman–Crippen LogP) is 6.21. The van der Waals surface area contributed by atoms with Gasteiger partial charge in [0.25, 0.3) is 0 Å². The molecule has 1 aliphatic carbocycles. The summed E-state index contributed by atoms with van der Waals surface area (Å²) in [7, 11) is 0. The number of ether oxygens (including phenoxy) is 1. The number of thiophene rings is 1. The smallest absolute Gasteiger partial charge is 0.341 e. The van der Waals surface area contributed by atoms with Gasteiger partial charge in [-0.15, -0.1) is 11.3 Å². The Morgan fingerprint density at radius 3 is 2.50 bits per heavy atom. The van der Waals surface area contributed by atoms with E-state index in [1.807, 2.05) is 44.2 Å². The van der Waals surface area contributed by atoms with Crippen molar-refractivity contribution in [3.05, 3.63) is 51.9 Å². The van der Waals surface area contributed by atoms with Crippen LogP contribution in [0.2, 0.25) is 0 Å². The number of hydrogen-bond donors (Lipinski definition) is 1. The molecular formula is C25H33NO3S. The first-order valence-corrected chi connectivity index (χ1v) is 11.7. The molecule has 5 heteroatoms. The van der Waals surface area contributed by atoms with Crippen LogP contribution >= 0.6 is 11.3 Å². The molecule has 1 aromatic carbocycles. The highest BCUT2D eigenvalue weighted by atomic mass is 32.1. The van der Waals surface area contributed by atoms with Gasteiger partial charge in [0.1, 0.15) is 5.00 Å². The van der Waals surface area contributed by atoms with Gasteiger partial charge in [0.15, 0.2) is 0 Å². The van der Waals surface area contributed by atoms with Crippen LogP contribution in [0.5, 0.6) is 0 Å². The lowest BCUT2D eigenvalue weighted by Crippen LogP contribution is -2.26. The highest BCUT2D eigenvalue weighted by Crippen LogP contribution is 2.44. The largest absolute Gasteiger partial charge is 0.462 e. The summed E-state index contributed by atoms with van der Waals surface area (Å²) in [5.74, 6) is -0.0786. The predicted molar refractivity (Wildman–Crippen MR) is 123 cm³/mol. The van der Waals surface area contributed by atoms with Crippen LogP contribution in [0, 0.1) is 11.3 Å². The standard InChI is InChI=1S/C25H33NO3S/c1-6-18(16-11-9-8-10-12-16)22(27)26-23-21(24(28)29-7-2)19-14-13-17(25(3,4)5)15-20(19)30-23/h8-12,17-18H,6-7,13-15H2,1-5H3,(H,26,27)/t17-,18-/m0/s1. The van der Waals surface area contributed by atoms with Crippen LogP contribution in [-0.4, -0.2) is 18.5 Å². The Labute approximate surface area is 184 Å². The normalized spacial score (nSPS) is 17.2. The number of amides is 1. The van der Waals surface area contributed by atoms with E-state index in [9.17, 15) is 9.59 Å². The maximum absolute atomic E-state index is 13.2. The Bertz CT molecular complexity index is 895. The minimum absolute atomic E-state index is 0.0692. The van der Waals surface area contributed by atoms with Gasteiger partial charge in [0.05, 0.1) is 18.1 Å². The van der Waals surface area contributed by atoms with Crippen LogP contribution in [0.4, 0.5) is 5.00 Å². The molecule has 1 N–H and O–H groups in total. The first-order chi connectivity index (χ1) is 14.3. The highest BCUT2D eigenvalue weighted by Gasteiger charge is 2.35. The molecular weight excluding hydrogens is 394 g/mol. The van der Waals surface area contributed by atoms with Crippen molar-refractivity contribution in [1.29, 1.82) is 0 Å². The Morgan fingerprint density at radius 1 is 1.20 bits per heavy atom. The summed E-state index contributed by atoms with van der Waals surface area (Å²) < 4.78 is 5.36. The van der Waals surface area contributed by atoms with Gasteiger partial charge in [-0.2, -0.15) is 0 Å². The Kier molecular flexibility index (Phi) is 7.02. The zero-order chi connectivity index (χ0) is 21.9. The molecule has 0 fully saturated rings. The molecule has 1 amide bonds. The van der Waals surface area contributed by atoms with Gasteiger partial charge in [-0.1, -0.05) is 58.0 Å². The molecule has 0 unspecified atom stereocenters. The van der Waals surface area contributed by atoms with Gasteiger partial charge in [-0.25, -0.2) is 4.79 Å². The summed E-state index contributed by atoms with van der Waals surface area (Å²) in [5.41, 5.74) is 2.85. The summed E-state index contributed by atoms with van der Waals surface area (Å²) >= 11 is 1.55. The average molecular weight is 428 g/mol. The number of anilines is 1. The van der Waals surface area contributed by atoms with E-state index in [4.69, 9.17) is 4.74 Å². The molecule has 0 saturated carbocycles. The molecule has 2 aromatic rings. The SMILES string of the molecule is CCOC(=O)c1c(NC(=O)[C@@H](CC)c2ccccc2)sc2c1CC[C@H](C(C)(C)C)C2. The fourth-order valence-electron chi connectivity index (χ4n) is 4.29. The molecule has 3 rings (SSSR count). The third kappa shape index (κ3) is 4.77.